The molecule has 8 heteroatoms. The number of carbonyl (C=O) groups excluding carboxylic acids is 3. The molecule has 4 aliphatic rings. The minimum Gasteiger partial charge on any atom is -0.462 e. The Morgan fingerprint density at radius 2 is 1.68 bits per heavy atom. The average molecular weight is 553 g/mol. The highest BCUT2D eigenvalue weighted by Gasteiger charge is 2.81. The summed E-state index contributed by atoms with van der Waals surface area (Å²) in [7, 11) is 0. The third-order valence-electron chi connectivity index (χ3n) is 10.9. The van der Waals surface area contributed by atoms with Crippen molar-refractivity contribution in [1.82, 2.24) is 0 Å². The molecule has 0 saturated heterocycles. The summed E-state index contributed by atoms with van der Waals surface area (Å²) in [4.78, 5) is 37.7. The van der Waals surface area contributed by atoms with Crippen LogP contribution in [0.4, 0.5) is 0 Å². The van der Waals surface area contributed by atoms with Crippen LogP contribution in [0.2, 0.25) is 0 Å². The maximum Gasteiger partial charge on any atom is 0.331 e. The Kier molecular flexibility index (Phi) is 6.92. The van der Waals surface area contributed by atoms with Crippen molar-refractivity contribution in [3.8, 4) is 0 Å². The molecule has 3 N–H and O–H groups in total. The zero-order valence-electron chi connectivity index (χ0n) is 23.7. The van der Waals surface area contributed by atoms with E-state index in [2.05, 4.69) is 0 Å². The first-order valence-corrected chi connectivity index (χ1v) is 14.2. The Morgan fingerprint density at radius 1 is 0.975 bits per heavy atom. The van der Waals surface area contributed by atoms with Crippen LogP contribution < -0.4 is 0 Å². The number of Topliss-reactive ketones (excluding diaryl/α,β-unsaturated/α-hetero) is 1. The summed E-state index contributed by atoms with van der Waals surface area (Å²) in [6, 6.07) is 9.27. The highest BCUT2D eigenvalue weighted by molar-refractivity contribution is 5.88. The van der Waals surface area contributed by atoms with Crippen molar-refractivity contribution in [2.24, 2.45) is 16.7 Å². The molecule has 0 aromatic heterocycles. The lowest BCUT2D eigenvalue weighted by molar-refractivity contribution is -0.314. The van der Waals surface area contributed by atoms with E-state index in [9.17, 15) is 29.7 Å². The standard InChI is InChI=1S/C32H40O8/c1-20(33)30(36)16-17-32(38)29(30,4)26(40-27(35)11-10-22-8-6-5-7-9-22)19-25-28(3)14-13-24(39-21(2)34)18-23(28)12-15-31(25,32)37/h5-12,24-26,36-38H,13-19H2,1-4H3/b11-10+/t24-,25+,26+,28-,29+,30+,31-,32+/m0/s1. The van der Waals surface area contributed by atoms with E-state index < -0.39 is 51.4 Å². The maximum atomic E-state index is 13.2. The fourth-order valence-electron chi connectivity index (χ4n) is 8.60. The van der Waals surface area contributed by atoms with Gasteiger partial charge in [0, 0.05) is 25.3 Å². The molecule has 1 aromatic rings. The van der Waals surface area contributed by atoms with E-state index in [1.54, 1.807) is 13.0 Å². The van der Waals surface area contributed by atoms with Crippen molar-refractivity contribution in [2.75, 3.05) is 0 Å². The average Bonchev–Trinajstić information content (AvgIpc) is 3.14. The van der Waals surface area contributed by atoms with Crippen LogP contribution in [0.15, 0.2) is 48.1 Å². The smallest absolute Gasteiger partial charge is 0.331 e. The second kappa shape index (κ2) is 9.64. The van der Waals surface area contributed by atoms with Gasteiger partial charge in [0.1, 0.15) is 29.0 Å². The van der Waals surface area contributed by atoms with Gasteiger partial charge in [-0.15, -0.1) is 0 Å². The van der Waals surface area contributed by atoms with Gasteiger partial charge in [0.2, 0.25) is 0 Å². The lowest BCUT2D eigenvalue weighted by Crippen LogP contribution is -2.78. The normalized spacial score (nSPS) is 42.3. The minimum atomic E-state index is -1.99. The van der Waals surface area contributed by atoms with Crippen molar-refractivity contribution in [3.63, 3.8) is 0 Å². The topological polar surface area (TPSA) is 130 Å². The fourth-order valence-corrected chi connectivity index (χ4v) is 8.60. The Hall–Kier alpha value is -2.81. The van der Waals surface area contributed by atoms with Crippen LogP contribution in [0.5, 0.6) is 0 Å². The molecule has 0 radical (unpaired) electrons. The van der Waals surface area contributed by atoms with Gasteiger partial charge in [-0.25, -0.2) is 4.79 Å². The van der Waals surface area contributed by atoms with Gasteiger partial charge in [0.25, 0.3) is 0 Å². The summed E-state index contributed by atoms with van der Waals surface area (Å²) in [5, 5.41) is 36.8. The summed E-state index contributed by atoms with van der Waals surface area (Å²) < 4.78 is 11.5. The quantitative estimate of drug-likeness (QED) is 0.287. The second-order valence-electron chi connectivity index (χ2n) is 12.7. The summed E-state index contributed by atoms with van der Waals surface area (Å²) in [6.07, 6.45) is 5.48. The molecule has 0 aliphatic heterocycles. The largest absolute Gasteiger partial charge is 0.462 e. The first-order valence-electron chi connectivity index (χ1n) is 14.2. The van der Waals surface area contributed by atoms with Crippen LogP contribution in [0.3, 0.4) is 0 Å². The number of ketones is 1. The first kappa shape index (κ1) is 28.7. The van der Waals surface area contributed by atoms with Gasteiger partial charge in [-0.05, 0) is 69.4 Å². The van der Waals surface area contributed by atoms with E-state index in [1.165, 1.54) is 19.9 Å². The van der Waals surface area contributed by atoms with E-state index in [0.29, 0.717) is 19.3 Å². The molecule has 0 heterocycles. The summed E-state index contributed by atoms with van der Waals surface area (Å²) in [5.41, 5.74) is -5.94. The van der Waals surface area contributed by atoms with Gasteiger partial charge >= 0.3 is 11.9 Å². The molecule has 40 heavy (non-hydrogen) atoms. The SMILES string of the molecule is CC(=O)O[C@H]1CC[C@@]2(C)C(=CC[C@]3(O)[C@@H]2C[C@@H](OC(=O)/C=C/c2ccccc2)[C@@]2(C)[C@]3(O)CC[C@@]2(O)C(C)=O)C1. The highest BCUT2D eigenvalue weighted by atomic mass is 16.5. The van der Waals surface area contributed by atoms with Gasteiger partial charge in [0.15, 0.2) is 5.78 Å². The first-order chi connectivity index (χ1) is 18.7. The van der Waals surface area contributed by atoms with E-state index in [-0.39, 0.29) is 37.8 Å². The summed E-state index contributed by atoms with van der Waals surface area (Å²) in [5.74, 6) is -2.05. The molecule has 0 bridgehead atoms. The van der Waals surface area contributed by atoms with E-state index in [0.717, 1.165) is 11.1 Å². The number of rotatable bonds is 5. The van der Waals surface area contributed by atoms with Crippen molar-refractivity contribution in [3.05, 3.63) is 53.6 Å². The van der Waals surface area contributed by atoms with Crippen LogP contribution in [0, 0.1) is 16.7 Å². The van der Waals surface area contributed by atoms with Crippen LogP contribution in [0.25, 0.3) is 6.08 Å². The zero-order chi connectivity index (χ0) is 29.1. The Labute approximate surface area is 235 Å². The third kappa shape index (κ3) is 3.94. The Bertz CT molecular complexity index is 1270. The second-order valence-corrected chi connectivity index (χ2v) is 12.7. The van der Waals surface area contributed by atoms with Crippen molar-refractivity contribution in [1.29, 1.82) is 0 Å². The van der Waals surface area contributed by atoms with Crippen molar-refractivity contribution < 1.29 is 39.2 Å². The Balaban J connectivity index is 1.55. The molecule has 8 nitrogen and oxygen atoms in total. The number of fused-ring (bicyclic) bond motifs is 5. The molecule has 8 atom stereocenters. The summed E-state index contributed by atoms with van der Waals surface area (Å²) in [6.45, 7) is 6.29. The van der Waals surface area contributed by atoms with Crippen LogP contribution in [0.1, 0.15) is 78.2 Å². The monoisotopic (exact) mass is 552 g/mol. The molecular formula is C32H40O8. The van der Waals surface area contributed by atoms with E-state index >= 15 is 0 Å². The molecule has 5 rings (SSSR count). The molecular weight excluding hydrogens is 512 g/mol. The number of carbonyl (C=O) groups is 3. The number of benzene rings is 1. The van der Waals surface area contributed by atoms with Gasteiger partial charge < -0.3 is 24.8 Å². The predicted octanol–water partition coefficient (Wildman–Crippen LogP) is 3.67. The summed E-state index contributed by atoms with van der Waals surface area (Å²) >= 11 is 0. The maximum absolute atomic E-state index is 13.2. The minimum absolute atomic E-state index is 0.0180. The fraction of sp³-hybridized carbons (Fsp3) is 0.594. The highest BCUT2D eigenvalue weighted by Crippen LogP contribution is 2.71. The molecule has 216 valence electrons. The molecule has 0 unspecified atom stereocenters. The zero-order valence-corrected chi connectivity index (χ0v) is 23.7. The lowest BCUT2D eigenvalue weighted by atomic mass is 9.42. The van der Waals surface area contributed by atoms with Gasteiger partial charge in [-0.3, -0.25) is 9.59 Å². The van der Waals surface area contributed by atoms with Gasteiger partial charge in [-0.1, -0.05) is 48.9 Å². The molecule has 3 saturated carbocycles. The van der Waals surface area contributed by atoms with Gasteiger partial charge in [0.05, 0.1) is 5.41 Å². The number of hydrogen-bond donors (Lipinski definition) is 3. The Morgan fingerprint density at radius 3 is 2.33 bits per heavy atom. The number of ether oxygens (including phenoxy) is 2. The van der Waals surface area contributed by atoms with Gasteiger partial charge in [-0.2, -0.15) is 0 Å². The molecule has 3 fully saturated rings. The number of esters is 2. The molecule has 4 aliphatic carbocycles. The lowest BCUT2D eigenvalue weighted by Gasteiger charge is -2.67. The molecule has 0 amide bonds. The van der Waals surface area contributed by atoms with Crippen molar-refractivity contribution in [2.45, 2.75) is 102 Å². The van der Waals surface area contributed by atoms with Crippen LogP contribution in [-0.2, 0) is 23.9 Å². The molecule has 1 aromatic carbocycles. The third-order valence-corrected chi connectivity index (χ3v) is 10.9. The predicted molar refractivity (Wildman–Crippen MR) is 147 cm³/mol. The van der Waals surface area contributed by atoms with E-state index in [4.69, 9.17) is 9.47 Å². The van der Waals surface area contributed by atoms with Crippen molar-refractivity contribution >= 4 is 23.8 Å². The number of aliphatic hydroxyl groups is 3. The van der Waals surface area contributed by atoms with Crippen LogP contribution in [-0.4, -0.2) is 62.1 Å². The molecule has 0 spiro atoms. The van der Waals surface area contributed by atoms with Crippen LogP contribution >= 0.6 is 0 Å². The van der Waals surface area contributed by atoms with E-state index in [1.807, 2.05) is 43.3 Å². The number of hydrogen-bond acceptors (Lipinski definition) is 8.